The summed E-state index contributed by atoms with van der Waals surface area (Å²) in [5.41, 5.74) is 2.64. The van der Waals surface area contributed by atoms with Gasteiger partial charge < -0.3 is 9.80 Å². The lowest BCUT2D eigenvalue weighted by molar-refractivity contribution is -0.133. The summed E-state index contributed by atoms with van der Waals surface area (Å²) in [5.74, 6) is 1.20. The third-order valence-corrected chi connectivity index (χ3v) is 8.03. The molecular weight excluding hydrogens is 525 g/mol. The highest BCUT2D eigenvalue weighted by molar-refractivity contribution is 7.99. The number of nitrogens with zero attached hydrogens (tertiary/aromatic N) is 5. The molecule has 1 atom stereocenters. The molecule has 4 aromatic rings. The van der Waals surface area contributed by atoms with Gasteiger partial charge in [0.05, 0.1) is 0 Å². The fourth-order valence-electron chi connectivity index (χ4n) is 4.91. The molecule has 3 aromatic carbocycles. The molecule has 5 rings (SSSR count). The number of piperazine rings is 1. The second-order valence-electron chi connectivity index (χ2n) is 9.88. The van der Waals surface area contributed by atoms with E-state index in [0.29, 0.717) is 44.5 Å². The quantitative estimate of drug-likeness (QED) is 0.208. The first-order valence-electron chi connectivity index (χ1n) is 13.5. The van der Waals surface area contributed by atoms with Gasteiger partial charge in [0.15, 0.2) is 5.16 Å². The third kappa shape index (κ3) is 6.59. The van der Waals surface area contributed by atoms with Crippen LogP contribution in [0.3, 0.4) is 0 Å². The Balaban J connectivity index is 1.15. The molecule has 0 N–H and O–H groups in total. The monoisotopic (exact) mass is 557 g/mol. The Morgan fingerprint density at radius 2 is 1.62 bits per heavy atom. The summed E-state index contributed by atoms with van der Waals surface area (Å²) in [7, 11) is 0. The lowest BCUT2D eigenvalue weighted by Gasteiger charge is -2.40. The first-order chi connectivity index (χ1) is 19.5. The van der Waals surface area contributed by atoms with Crippen molar-refractivity contribution in [3.05, 3.63) is 108 Å². The van der Waals surface area contributed by atoms with Crippen molar-refractivity contribution in [1.29, 1.82) is 0 Å². The fourth-order valence-corrected chi connectivity index (χ4v) is 5.82. The molecule has 0 aliphatic carbocycles. The molecule has 2 heterocycles. The molecule has 206 valence electrons. The molecule has 40 heavy (non-hydrogen) atoms. The summed E-state index contributed by atoms with van der Waals surface area (Å²) in [5, 5.41) is 9.79. The molecule has 0 radical (unpaired) electrons. The van der Waals surface area contributed by atoms with Crippen molar-refractivity contribution in [2.75, 3.05) is 25.4 Å². The molecule has 0 spiro atoms. The number of carbonyl (C=O) groups excluding carboxylic acids is 2. The van der Waals surface area contributed by atoms with E-state index in [1.54, 1.807) is 16.7 Å². The van der Waals surface area contributed by atoms with Crippen LogP contribution in [0.25, 0.3) is 5.69 Å². The van der Waals surface area contributed by atoms with Crippen molar-refractivity contribution in [3.8, 4) is 5.69 Å². The van der Waals surface area contributed by atoms with Crippen molar-refractivity contribution in [1.82, 2.24) is 24.6 Å². The van der Waals surface area contributed by atoms with Gasteiger partial charge in [-0.25, -0.2) is 4.39 Å². The average Bonchev–Trinajstić information content (AvgIpc) is 3.38. The van der Waals surface area contributed by atoms with Crippen molar-refractivity contribution >= 4 is 23.6 Å². The normalized spacial score (nSPS) is 15.3. The molecule has 0 saturated carbocycles. The molecule has 7 nitrogen and oxygen atoms in total. The number of amides is 2. The Morgan fingerprint density at radius 3 is 2.33 bits per heavy atom. The third-order valence-electron chi connectivity index (χ3n) is 7.02. The average molecular weight is 558 g/mol. The molecular formula is C31H32FN5O2S. The van der Waals surface area contributed by atoms with Gasteiger partial charge in [-0.15, -0.1) is 10.2 Å². The zero-order chi connectivity index (χ0) is 27.9. The second kappa shape index (κ2) is 12.9. The maximum absolute atomic E-state index is 13.2. The van der Waals surface area contributed by atoms with Gasteiger partial charge in [-0.3, -0.25) is 14.2 Å². The summed E-state index contributed by atoms with van der Waals surface area (Å²) in [6, 6.07) is 25.8. The van der Waals surface area contributed by atoms with Crippen LogP contribution >= 0.6 is 11.8 Å². The van der Waals surface area contributed by atoms with E-state index in [1.807, 2.05) is 60.4 Å². The zero-order valence-corrected chi connectivity index (χ0v) is 23.3. The summed E-state index contributed by atoms with van der Waals surface area (Å²) in [6.07, 6.45) is 1.82. The van der Waals surface area contributed by atoms with E-state index in [2.05, 4.69) is 26.9 Å². The summed E-state index contributed by atoms with van der Waals surface area (Å²) >= 11 is 1.60. The van der Waals surface area contributed by atoms with Gasteiger partial charge in [-0.2, -0.15) is 0 Å². The van der Waals surface area contributed by atoms with Gasteiger partial charge in [0.1, 0.15) is 11.6 Å². The standard InChI is InChI=1S/C31H32FN5O2S/c1-23-22-35(18-19-36(23)30(39)25-14-16-26(32)17-15-25)29(38)13-8-20-40-31-34-33-28(21-24-9-4-2-5-10-24)37(31)27-11-6-3-7-12-27/h2-7,9-12,14-17,23H,8,13,18-22H2,1H3. The minimum atomic E-state index is -0.369. The molecule has 1 aliphatic rings. The van der Waals surface area contributed by atoms with Gasteiger partial charge >= 0.3 is 0 Å². The number of benzene rings is 3. The van der Waals surface area contributed by atoms with Gasteiger partial charge in [-0.1, -0.05) is 60.3 Å². The number of aromatic nitrogens is 3. The van der Waals surface area contributed by atoms with E-state index in [-0.39, 0.29) is 23.7 Å². The molecule has 1 aliphatic heterocycles. The fraction of sp³-hybridized carbons (Fsp3) is 0.290. The van der Waals surface area contributed by atoms with E-state index < -0.39 is 0 Å². The van der Waals surface area contributed by atoms with E-state index in [1.165, 1.54) is 29.8 Å². The van der Waals surface area contributed by atoms with E-state index in [9.17, 15) is 14.0 Å². The predicted octanol–water partition coefficient (Wildman–Crippen LogP) is 5.24. The summed E-state index contributed by atoms with van der Waals surface area (Å²) < 4.78 is 15.3. The van der Waals surface area contributed by atoms with Crippen LogP contribution < -0.4 is 0 Å². The highest BCUT2D eigenvalue weighted by atomic mass is 32.2. The SMILES string of the molecule is CC1CN(C(=O)CCCSc2nnc(Cc3ccccc3)n2-c2ccccc2)CCN1C(=O)c1ccc(F)cc1. The van der Waals surface area contributed by atoms with Crippen LogP contribution in [-0.4, -0.2) is 67.8 Å². The van der Waals surface area contributed by atoms with Crippen molar-refractivity contribution in [2.45, 2.75) is 37.4 Å². The van der Waals surface area contributed by atoms with E-state index in [0.717, 1.165) is 22.4 Å². The van der Waals surface area contributed by atoms with Crippen LogP contribution in [0.15, 0.2) is 90.1 Å². The topological polar surface area (TPSA) is 71.3 Å². The van der Waals surface area contributed by atoms with Gasteiger partial charge in [0, 0.05) is 55.5 Å². The second-order valence-corrected chi connectivity index (χ2v) is 10.9. The van der Waals surface area contributed by atoms with Crippen LogP contribution in [0.2, 0.25) is 0 Å². The van der Waals surface area contributed by atoms with Crippen LogP contribution in [0, 0.1) is 5.82 Å². The van der Waals surface area contributed by atoms with Crippen molar-refractivity contribution in [3.63, 3.8) is 0 Å². The number of hydrogen-bond acceptors (Lipinski definition) is 5. The number of hydrogen-bond donors (Lipinski definition) is 0. The number of para-hydroxylation sites is 1. The van der Waals surface area contributed by atoms with Gasteiger partial charge in [-0.05, 0) is 55.3 Å². The molecule has 0 bridgehead atoms. The van der Waals surface area contributed by atoms with Crippen LogP contribution in [0.5, 0.6) is 0 Å². The Bertz CT molecular complexity index is 1430. The number of rotatable bonds is 9. The summed E-state index contributed by atoms with van der Waals surface area (Å²) in [6.45, 7) is 3.39. The van der Waals surface area contributed by atoms with Crippen molar-refractivity contribution < 1.29 is 14.0 Å². The molecule has 1 aromatic heterocycles. The number of carbonyl (C=O) groups is 2. The smallest absolute Gasteiger partial charge is 0.254 e. The first kappa shape index (κ1) is 27.6. The van der Waals surface area contributed by atoms with Crippen molar-refractivity contribution in [2.24, 2.45) is 0 Å². The van der Waals surface area contributed by atoms with Crippen LogP contribution in [-0.2, 0) is 11.2 Å². The van der Waals surface area contributed by atoms with E-state index in [4.69, 9.17) is 0 Å². The Morgan fingerprint density at radius 1 is 0.925 bits per heavy atom. The lowest BCUT2D eigenvalue weighted by atomic mass is 10.1. The van der Waals surface area contributed by atoms with E-state index >= 15 is 0 Å². The predicted molar refractivity (Wildman–Crippen MR) is 154 cm³/mol. The summed E-state index contributed by atoms with van der Waals surface area (Å²) in [4.78, 5) is 29.4. The molecule has 1 saturated heterocycles. The maximum Gasteiger partial charge on any atom is 0.254 e. The van der Waals surface area contributed by atoms with Crippen LogP contribution in [0.1, 0.15) is 41.5 Å². The number of halogens is 1. The lowest BCUT2D eigenvalue weighted by Crippen LogP contribution is -2.55. The zero-order valence-electron chi connectivity index (χ0n) is 22.4. The molecule has 9 heteroatoms. The van der Waals surface area contributed by atoms with Gasteiger partial charge in [0.2, 0.25) is 5.91 Å². The Hall–Kier alpha value is -3.98. The Kier molecular flexibility index (Phi) is 8.91. The van der Waals surface area contributed by atoms with Gasteiger partial charge in [0.25, 0.3) is 5.91 Å². The highest BCUT2D eigenvalue weighted by Crippen LogP contribution is 2.25. The van der Waals surface area contributed by atoms with Crippen LogP contribution in [0.4, 0.5) is 4.39 Å². The minimum absolute atomic E-state index is 0.0932. The number of thioether (sulfide) groups is 1. The molecule has 2 amide bonds. The maximum atomic E-state index is 13.2. The minimum Gasteiger partial charge on any atom is -0.339 e. The first-order valence-corrected chi connectivity index (χ1v) is 14.5. The largest absolute Gasteiger partial charge is 0.339 e. The Labute approximate surface area is 238 Å². The molecule has 1 unspecified atom stereocenters. The molecule has 1 fully saturated rings. The highest BCUT2D eigenvalue weighted by Gasteiger charge is 2.30.